The minimum Gasteiger partial charge on any atom is -0.370 e. The number of unbranched alkanes of at least 4 members (excludes halogenated alkanes) is 1. The Labute approximate surface area is 79.1 Å². The van der Waals surface area contributed by atoms with Crippen LogP contribution in [-0.4, -0.2) is 11.6 Å². The highest BCUT2D eigenvalue weighted by Gasteiger charge is 2.24. The molecule has 13 heavy (non-hydrogen) atoms. The monoisotopic (exact) mass is 182 g/mol. The number of rotatable bonds is 3. The second kappa shape index (κ2) is 3.79. The second-order valence-corrected chi connectivity index (χ2v) is 3.55. The van der Waals surface area contributed by atoms with Gasteiger partial charge in [0.2, 0.25) is 0 Å². The molecule has 1 aliphatic rings. The van der Waals surface area contributed by atoms with E-state index in [2.05, 4.69) is 17.2 Å². The molecule has 0 aromatic rings. The van der Waals surface area contributed by atoms with Crippen LogP contribution in [0.3, 0.4) is 0 Å². The zero-order valence-corrected chi connectivity index (χ0v) is 8.30. The molecule has 0 bridgehead atoms. The molecule has 1 atom stereocenters. The van der Waals surface area contributed by atoms with Gasteiger partial charge in [-0.25, -0.2) is 4.99 Å². The van der Waals surface area contributed by atoms with Crippen molar-refractivity contribution in [2.45, 2.75) is 38.8 Å². The summed E-state index contributed by atoms with van der Waals surface area (Å²) < 4.78 is 0. The lowest BCUT2D eigenvalue weighted by Crippen LogP contribution is -2.58. The number of allylic oxidation sites excluding steroid dienone is 1. The van der Waals surface area contributed by atoms with Crippen molar-refractivity contribution in [2.24, 2.45) is 16.5 Å². The normalized spacial score (nSPS) is 27.6. The first kappa shape index (κ1) is 10.1. The predicted molar refractivity (Wildman–Crippen MR) is 55.0 cm³/mol. The molecular formula is C9H18N4. The molecule has 0 amide bonds. The first-order valence-electron chi connectivity index (χ1n) is 4.66. The summed E-state index contributed by atoms with van der Waals surface area (Å²) in [6, 6.07) is 0. The van der Waals surface area contributed by atoms with Gasteiger partial charge in [0.25, 0.3) is 0 Å². The molecule has 4 nitrogen and oxygen atoms in total. The minimum absolute atomic E-state index is 0.415. The van der Waals surface area contributed by atoms with Crippen molar-refractivity contribution < 1.29 is 0 Å². The van der Waals surface area contributed by atoms with Gasteiger partial charge in [0, 0.05) is 5.70 Å². The molecule has 0 saturated carbocycles. The van der Waals surface area contributed by atoms with Crippen LogP contribution in [0.5, 0.6) is 0 Å². The molecule has 4 heteroatoms. The van der Waals surface area contributed by atoms with Crippen molar-refractivity contribution in [3.05, 3.63) is 11.8 Å². The molecule has 0 spiro atoms. The first-order chi connectivity index (χ1) is 6.06. The maximum atomic E-state index is 6.08. The van der Waals surface area contributed by atoms with E-state index in [1.165, 1.54) is 0 Å². The molecule has 5 N–H and O–H groups in total. The molecule has 1 rings (SSSR count). The van der Waals surface area contributed by atoms with Gasteiger partial charge in [0.1, 0.15) is 5.66 Å². The van der Waals surface area contributed by atoms with Crippen LogP contribution in [0.1, 0.15) is 33.1 Å². The number of nitrogens with zero attached hydrogens (tertiary/aromatic N) is 1. The number of hydrogen-bond donors (Lipinski definition) is 3. The highest BCUT2D eigenvalue weighted by atomic mass is 15.2. The Morgan fingerprint density at radius 3 is 2.85 bits per heavy atom. The molecule has 1 unspecified atom stereocenters. The van der Waals surface area contributed by atoms with Crippen LogP contribution in [0.4, 0.5) is 0 Å². The predicted octanol–water partition coefficient (Wildman–Crippen LogP) is 0.653. The smallest absolute Gasteiger partial charge is 0.195 e. The van der Waals surface area contributed by atoms with Crippen molar-refractivity contribution in [3.8, 4) is 0 Å². The van der Waals surface area contributed by atoms with Crippen LogP contribution >= 0.6 is 0 Å². The maximum absolute atomic E-state index is 6.08. The maximum Gasteiger partial charge on any atom is 0.195 e. The van der Waals surface area contributed by atoms with Crippen LogP contribution in [-0.2, 0) is 0 Å². The van der Waals surface area contributed by atoms with E-state index in [1.807, 2.05) is 13.0 Å². The van der Waals surface area contributed by atoms with Crippen LogP contribution in [0, 0.1) is 0 Å². The number of nitrogens with two attached hydrogens (primary N) is 2. The Morgan fingerprint density at radius 2 is 2.31 bits per heavy atom. The van der Waals surface area contributed by atoms with Crippen LogP contribution in [0.15, 0.2) is 16.8 Å². The second-order valence-electron chi connectivity index (χ2n) is 3.55. The summed E-state index contributed by atoms with van der Waals surface area (Å²) in [5, 5.41) is 2.99. The van der Waals surface area contributed by atoms with Gasteiger partial charge in [-0.05, 0) is 25.8 Å². The fourth-order valence-electron chi connectivity index (χ4n) is 1.50. The summed E-state index contributed by atoms with van der Waals surface area (Å²) in [6.45, 7) is 4.04. The molecule has 0 aliphatic carbocycles. The summed E-state index contributed by atoms with van der Waals surface area (Å²) in [5.74, 6) is 0.415. The molecule has 0 aromatic heterocycles. The summed E-state index contributed by atoms with van der Waals surface area (Å²) >= 11 is 0. The topological polar surface area (TPSA) is 76.4 Å². The van der Waals surface area contributed by atoms with E-state index in [0.29, 0.717) is 5.96 Å². The number of aliphatic imine (C=N–C) groups is 1. The van der Waals surface area contributed by atoms with Crippen LogP contribution in [0.2, 0.25) is 0 Å². The van der Waals surface area contributed by atoms with Gasteiger partial charge in [-0.3, -0.25) is 0 Å². The van der Waals surface area contributed by atoms with Gasteiger partial charge < -0.3 is 16.8 Å². The third kappa shape index (κ3) is 2.73. The summed E-state index contributed by atoms with van der Waals surface area (Å²) in [6.07, 6.45) is 5.03. The van der Waals surface area contributed by atoms with Gasteiger partial charge in [-0.1, -0.05) is 13.3 Å². The highest BCUT2D eigenvalue weighted by Crippen LogP contribution is 2.15. The number of hydrogen-bond acceptors (Lipinski definition) is 4. The average Bonchev–Trinajstić information content (AvgIpc) is 1.98. The van der Waals surface area contributed by atoms with E-state index in [1.54, 1.807) is 0 Å². The van der Waals surface area contributed by atoms with Gasteiger partial charge >= 0.3 is 0 Å². The fraction of sp³-hybridized carbons (Fsp3) is 0.667. The number of guanidine groups is 1. The van der Waals surface area contributed by atoms with E-state index in [9.17, 15) is 0 Å². The Morgan fingerprint density at radius 1 is 1.62 bits per heavy atom. The Kier molecular flexibility index (Phi) is 2.93. The molecule has 1 aliphatic heterocycles. The number of nitrogens with one attached hydrogen (secondary N) is 1. The molecule has 0 radical (unpaired) electrons. The summed E-state index contributed by atoms with van der Waals surface area (Å²) in [5.41, 5.74) is 12.1. The van der Waals surface area contributed by atoms with E-state index < -0.39 is 5.66 Å². The van der Waals surface area contributed by atoms with E-state index in [0.717, 1.165) is 25.0 Å². The quantitative estimate of drug-likeness (QED) is 0.600. The van der Waals surface area contributed by atoms with Gasteiger partial charge in [0.15, 0.2) is 5.96 Å². The zero-order chi connectivity index (χ0) is 9.90. The lowest BCUT2D eigenvalue weighted by Gasteiger charge is -2.31. The Balaban J connectivity index is 2.66. The minimum atomic E-state index is -0.494. The first-order valence-corrected chi connectivity index (χ1v) is 4.66. The molecule has 1 heterocycles. The zero-order valence-electron chi connectivity index (χ0n) is 8.30. The average molecular weight is 182 g/mol. The van der Waals surface area contributed by atoms with Gasteiger partial charge in [0.05, 0.1) is 0 Å². The van der Waals surface area contributed by atoms with E-state index >= 15 is 0 Å². The lowest BCUT2D eigenvalue weighted by atomic mass is 10.0. The Bertz CT molecular complexity index is 244. The molecule has 0 aromatic carbocycles. The lowest BCUT2D eigenvalue weighted by molar-refractivity contribution is 0.426. The molecule has 0 fully saturated rings. The van der Waals surface area contributed by atoms with E-state index in [4.69, 9.17) is 11.5 Å². The SMILES string of the molecule is CCCCC1(N)C=C(C)N=C(N)N1. The van der Waals surface area contributed by atoms with Crippen molar-refractivity contribution in [3.63, 3.8) is 0 Å². The molecule has 0 saturated heterocycles. The van der Waals surface area contributed by atoms with Gasteiger partial charge in [-0.15, -0.1) is 0 Å². The van der Waals surface area contributed by atoms with Crippen molar-refractivity contribution in [1.29, 1.82) is 0 Å². The summed E-state index contributed by atoms with van der Waals surface area (Å²) in [7, 11) is 0. The van der Waals surface area contributed by atoms with Crippen LogP contribution in [0.25, 0.3) is 0 Å². The van der Waals surface area contributed by atoms with Crippen molar-refractivity contribution in [1.82, 2.24) is 5.32 Å². The van der Waals surface area contributed by atoms with Crippen LogP contribution < -0.4 is 16.8 Å². The van der Waals surface area contributed by atoms with E-state index in [-0.39, 0.29) is 0 Å². The third-order valence-electron chi connectivity index (χ3n) is 2.07. The largest absolute Gasteiger partial charge is 0.370 e. The highest BCUT2D eigenvalue weighted by molar-refractivity contribution is 5.81. The molecular weight excluding hydrogens is 164 g/mol. The van der Waals surface area contributed by atoms with Gasteiger partial charge in [-0.2, -0.15) is 0 Å². The van der Waals surface area contributed by atoms with Crippen molar-refractivity contribution >= 4 is 5.96 Å². The Hall–Kier alpha value is -1.03. The fourth-order valence-corrected chi connectivity index (χ4v) is 1.50. The summed E-state index contributed by atoms with van der Waals surface area (Å²) in [4.78, 5) is 4.05. The van der Waals surface area contributed by atoms with Crippen molar-refractivity contribution in [2.75, 3.05) is 0 Å². The third-order valence-corrected chi connectivity index (χ3v) is 2.07. The standard InChI is InChI=1S/C9H18N4/c1-3-4-5-9(11)6-7(2)12-8(10)13-9/h6H,3-5,11H2,1-2H3,(H3,10,12,13). The molecule has 74 valence electrons.